The average molecular weight is 214 g/mol. The van der Waals surface area contributed by atoms with E-state index in [9.17, 15) is 0 Å². The molecule has 0 amide bonds. The summed E-state index contributed by atoms with van der Waals surface area (Å²) in [5.41, 5.74) is 5.98. The van der Waals surface area contributed by atoms with Crippen molar-refractivity contribution in [2.24, 2.45) is 11.1 Å². The van der Waals surface area contributed by atoms with Gasteiger partial charge in [0, 0.05) is 19.2 Å². The number of ether oxygens (including phenoxy) is 1. The molecular weight excluding hydrogens is 188 g/mol. The lowest BCUT2D eigenvalue weighted by Crippen LogP contribution is -2.45. The van der Waals surface area contributed by atoms with Crippen LogP contribution in [0.2, 0.25) is 0 Å². The molecule has 2 atom stereocenters. The van der Waals surface area contributed by atoms with E-state index in [4.69, 9.17) is 10.5 Å². The molecular formula is C12H26N2O. The normalized spacial score (nSPS) is 28.4. The summed E-state index contributed by atoms with van der Waals surface area (Å²) in [5.74, 6) is 0. The summed E-state index contributed by atoms with van der Waals surface area (Å²) < 4.78 is 5.56. The molecule has 0 spiro atoms. The second-order valence-corrected chi connectivity index (χ2v) is 5.64. The first-order valence-corrected chi connectivity index (χ1v) is 5.96. The van der Waals surface area contributed by atoms with E-state index in [-0.39, 0.29) is 5.41 Å². The maximum atomic E-state index is 5.76. The summed E-state index contributed by atoms with van der Waals surface area (Å²) in [6.07, 6.45) is 2.71. The standard InChI is InChI=1S/C12H26N2O/c1-10-7-11(5-6-15-10)14(4)9-12(2,3)8-13/h10-11H,5-9,13H2,1-4H3. The first-order valence-electron chi connectivity index (χ1n) is 5.96. The predicted molar refractivity (Wildman–Crippen MR) is 63.9 cm³/mol. The molecule has 15 heavy (non-hydrogen) atoms. The summed E-state index contributed by atoms with van der Waals surface area (Å²) in [6.45, 7) is 9.34. The van der Waals surface area contributed by atoms with E-state index in [1.165, 1.54) is 0 Å². The van der Waals surface area contributed by atoms with Gasteiger partial charge in [-0.1, -0.05) is 13.8 Å². The quantitative estimate of drug-likeness (QED) is 0.770. The second-order valence-electron chi connectivity index (χ2n) is 5.64. The van der Waals surface area contributed by atoms with Gasteiger partial charge in [0.2, 0.25) is 0 Å². The molecule has 1 aliphatic heterocycles. The highest BCUT2D eigenvalue weighted by Gasteiger charge is 2.26. The SMILES string of the molecule is CC1CC(N(C)CC(C)(C)CN)CCO1. The minimum Gasteiger partial charge on any atom is -0.378 e. The highest BCUT2D eigenvalue weighted by molar-refractivity contribution is 4.80. The Morgan fingerprint density at radius 1 is 1.47 bits per heavy atom. The molecule has 1 aliphatic rings. The minimum atomic E-state index is 0.219. The van der Waals surface area contributed by atoms with E-state index >= 15 is 0 Å². The smallest absolute Gasteiger partial charge is 0.0561 e. The Balaban J connectivity index is 2.42. The van der Waals surface area contributed by atoms with Crippen LogP contribution >= 0.6 is 0 Å². The Hall–Kier alpha value is -0.120. The third-order valence-corrected chi connectivity index (χ3v) is 3.31. The van der Waals surface area contributed by atoms with Crippen molar-refractivity contribution in [2.45, 2.75) is 45.8 Å². The topological polar surface area (TPSA) is 38.5 Å². The van der Waals surface area contributed by atoms with Gasteiger partial charge in [0.05, 0.1) is 6.10 Å². The fourth-order valence-electron chi connectivity index (χ4n) is 2.24. The summed E-state index contributed by atoms with van der Waals surface area (Å²) in [4.78, 5) is 2.45. The minimum absolute atomic E-state index is 0.219. The molecule has 2 N–H and O–H groups in total. The van der Waals surface area contributed by atoms with Crippen LogP contribution in [0.4, 0.5) is 0 Å². The Kier molecular flexibility index (Phi) is 4.56. The van der Waals surface area contributed by atoms with Gasteiger partial charge < -0.3 is 15.4 Å². The zero-order valence-electron chi connectivity index (χ0n) is 10.6. The molecule has 2 unspecified atom stereocenters. The lowest BCUT2D eigenvalue weighted by atomic mass is 9.91. The summed E-state index contributed by atoms with van der Waals surface area (Å²) >= 11 is 0. The molecule has 1 rings (SSSR count). The van der Waals surface area contributed by atoms with E-state index in [1.807, 2.05) is 0 Å². The molecule has 1 heterocycles. The molecule has 1 saturated heterocycles. The van der Waals surface area contributed by atoms with Crippen molar-refractivity contribution in [1.29, 1.82) is 0 Å². The number of nitrogens with two attached hydrogens (primary N) is 1. The predicted octanol–water partition coefficient (Wildman–Crippen LogP) is 1.47. The highest BCUT2D eigenvalue weighted by atomic mass is 16.5. The van der Waals surface area contributed by atoms with Crippen LogP contribution in [0, 0.1) is 5.41 Å². The van der Waals surface area contributed by atoms with Gasteiger partial charge in [-0.15, -0.1) is 0 Å². The molecule has 0 aromatic rings. The Morgan fingerprint density at radius 3 is 2.67 bits per heavy atom. The van der Waals surface area contributed by atoms with Gasteiger partial charge in [0.25, 0.3) is 0 Å². The van der Waals surface area contributed by atoms with Gasteiger partial charge in [-0.3, -0.25) is 0 Å². The molecule has 0 saturated carbocycles. The van der Waals surface area contributed by atoms with Crippen molar-refractivity contribution in [3.8, 4) is 0 Å². The van der Waals surface area contributed by atoms with Crippen molar-refractivity contribution in [2.75, 3.05) is 26.7 Å². The van der Waals surface area contributed by atoms with Gasteiger partial charge in [-0.05, 0) is 38.8 Å². The maximum absolute atomic E-state index is 5.76. The van der Waals surface area contributed by atoms with Crippen LogP contribution in [0.1, 0.15) is 33.6 Å². The first kappa shape index (κ1) is 12.9. The van der Waals surface area contributed by atoms with E-state index in [0.717, 1.165) is 32.5 Å². The van der Waals surface area contributed by atoms with Crippen molar-refractivity contribution < 1.29 is 4.74 Å². The first-order chi connectivity index (χ1) is 6.94. The molecule has 1 fully saturated rings. The lowest BCUT2D eigenvalue weighted by molar-refractivity contribution is -0.0176. The third kappa shape index (κ3) is 4.09. The molecule has 3 heteroatoms. The molecule has 0 aliphatic carbocycles. The van der Waals surface area contributed by atoms with Crippen LogP contribution in [0.15, 0.2) is 0 Å². The third-order valence-electron chi connectivity index (χ3n) is 3.31. The van der Waals surface area contributed by atoms with Crippen LogP contribution in [0.5, 0.6) is 0 Å². The maximum Gasteiger partial charge on any atom is 0.0561 e. The van der Waals surface area contributed by atoms with Gasteiger partial charge in [0.15, 0.2) is 0 Å². The van der Waals surface area contributed by atoms with E-state index in [1.54, 1.807) is 0 Å². The summed E-state index contributed by atoms with van der Waals surface area (Å²) in [7, 11) is 2.21. The summed E-state index contributed by atoms with van der Waals surface area (Å²) in [6, 6.07) is 0.666. The number of nitrogens with zero attached hydrogens (tertiary/aromatic N) is 1. The molecule has 0 aromatic heterocycles. The largest absolute Gasteiger partial charge is 0.378 e. The molecule has 0 radical (unpaired) electrons. The molecule has 90 valence electrons. The zero-order chi connectivity index (χ0) is 11.5. The van der Waals surface area contributed by atoms with Gasteiger partial charge in [-0.25, -0.2) is 0 Å². The number of hydrogen-bond acceptors (Lipinski definition) is 3. The van der Waals surface area contributed by atoms with Crippen molar-refractivity contribution in [3.05, 3.63) is 0 Å². The Labute approximate surface area is 94.0 Å². The summed E-state index contributed by atoms with van der Waals surface area (Å²) in [5, 5.41) is 0. The van der Waals surface area contributed by atoms with E-state index in [2.05, 4.69) is 32.7 Å². The Bertz CT molecular complexity index is 194. The van der Waals surface area contributed by atoms with Gasteiger partial charge >= 0.3 is 0 Å². The van der Waals surface area contributed by atoms with Crippen LogP contribution < -0.4 is 5.73 Å². The highest BCUT2D eigenvalue weighted by Crippen LogP contribution is 2.22. The number of rotatable bonds is 4. The second kappa shape index (κ2) is 5.28. The molecule has 3 nitrogen and oxygen atoms in total. The van der Waals surface area contributed by atoms with Crippen molar-refractivity contribution in [3.63, 3.8) is 0 Å². The van der Waals surface area contributed by atoms with Crippen LogP contribution in [-0.4, -0.2) is 43.8 Å². The van der Waals surface area contributed by atoms with Crippen molar-refractivity contribution >= 4 is 0 Å². The fraction of sp³-hybridized carbons (Fsp3) is 1.00. The van der Waals surface area contributed by atoms with Crippen LogP contribution in [0.25, 0.3) is 0 Å². The fourth-order valence-corrected chi connectivity index (χ4v) is 2.24. The monoisotopic (exact) mass is 214 g/mol. The van der Waals surface area contributed by atoms with Gasteiger partial charge in [0.1, 0.15) is 0 Å². The lowest BCUT2D eigenvalue weighted by Gasteiger charge is -2.38. The van der Waals surface area contributed by atoms with Crippen LogP contribution in [-0.2, 0) is 4.74 Å². The zero-order valence-corrected chi connectivity index (χ0v) is 10.6. The van der Waals surface area contributed by atoms with E-state index < -0.39 is 0 Å². The van der Waals surface area contributed by atoms with Crippen molar-refractivity contribution in [1.82, 2.24) is 4.90 Å². The number of hydrogen-bond donors (Lipinski definition) is 1. The average Bonchev–Trinajstić information content (AvgIpc) is 2.17. The van der Waals surface area contributed by atoms with Crippen LogP contribution in [0.3, 0.4) is 0 Å². The Morgan fingerprint density at radius 2 is 2.13 bits per heavy atom. The molecule has 0 aromatic carbocycles. The van der Waals surface area contributed by atoms with Gasteiger partial charge in [-0.2, -0.15) is 0 Å². The van der Waals surface area contributed by atoms with E-state index in [0.29, 0.717) is 12.1 Å². The molecule has 0 bridgehead atoms.